The van der Waals surface area contributed by atoms with Gasteiger partial charge in [-0.2, -0.15) is 0 Å². The first-order chi connectivity index (χ1) is 22.3. The second-order valence-corrected chi connectivity index (χ2v) is 12.1. The van der Waals surface area contributed by atoms with Gasteiger partial charge in [-0.25, -0.2) is 9.79 Å². The molecule has 1 atom stereocenters. The van der Waals surface area contributed by atoms with Gasteiger partial charge in [0.1, 0.15) is 6.61 Å². The number of nitrogens with zero attached hydrogens (tertiary/aromatic N) is 3. The molecule has 0 radical (unpaired) electrons. The second kappa shape index (κ2) is 13.1. The Hall–Kier alpha value is -5.15. The van der Waals surface area contributed by atoms with Crippen LogP contribution in [0.15, 0.2) is 106 Å². The number of thiazole rings is 1. The lowest BCUT2D eigenvalue weighted by atomic mass is 9.95. The zero-order valence-corrected chi connectivity index (χ0v) is 27.3. The third-order valence-electron chi connectivity index (χ3n) is 7.99. The van der Waals surface area contributed by atoms with Crippen molar-refractivity contribution in [2.75, 3.05) is 32.7 Å². The number of fused-ring (bicyclic) bond motifs is 2. The van der Waals surface area contributed by atoms with Gasteiger partial charge in [-0.15, -0.1) is 0 Å². The maximum absolute atomic E-state index is 14.0. The molecule has 0 unspecified atom stereocenters. The molecule has 0 spiro atoms. The fourth-order valence-electron chi connectivity index (χ4n) is 5.68. The van der Waals surface area contributed by atoms with Crippen LogP contribution in [0.4, 0.5) is 5.69 Å². The quantitative estimate of drug-likeness (QED) is 0.197. The number of carbonyl (C=O) groups is 1. The van der Waals surface area contributed by atoms with Crippen LogP contribution in [0.3, 0.4) is 0 Å². The Morgan fingerprint density at radius 1 is 1.00 bits per heavy atom. The van der Waals surface area contributed by atoms with E-state index in [0.717, 1.165) is 33.2 Å². The lowest BCUT2D eigenvalue weighted by Gasteiger charge is -2.25. The lowest BCUT2D eigenvalue weighted by molar-refractivity contribution is -0.139. The van der Waals surface area contributed by atoms with Crippen LogP contribution in [0.2, 0.25) is 0 Å². The number of esters is 1. The maximum Gasteiger partial charge on any atom is 0.338 e. The number of rotatable bonds is 9. The summed E-state index contributed by atoms with van der Waals surface area (Å²) in [5.74, 6) is 0.675. The smallest absolute Gasteiger partial charge is 0.338 e. The Morgan fingerprint density at radius 2 is 1.76 bits per heavy atom. The maximum atomic E-state index is 14.0. The van der Waals surface area contributed by atoms with E-state index in [1.807, 2.05) is 85.7 Å². The molecule has 4 aromatic carbocycles. The van der Waals surface area contributed by atoms with Gasteiger partial charge in [0.15, 0.2) is 16.3 Å². The predicted molar refractivity (Wildman–Crippen MR) is 182 cm³/mol. The first kappa shape index (κ1) is 30.9. The summed E-state index contributed by atoms with van der Waals surface area (Å²) < 4.78 is 19.4. The average molecular weight is 634 g/mol. The highest BCUT2D eigenvalue weighted by Gasteiger charge is 2.33. The van der Waals surface area contributed by atoms with Gasteiger partial charge in [-0.05, 0) is 71.7 Å². The first-order valence-electron chi connectivity index (χ1n) is 15.0. The molecule has 0 amide bonds. The van der Waals surface area contributed by atoms with Crippen molar-refractivity contribution >= 4 is 39.8 Å². The lowest BCUT2D eigenvalue weighted by Crippen LogP contribution is -2.39. The second-order valence-electron chi connectivity index (χ2n) is 11.1. The predicted octanol–water partition coefficient (Wildman–Crippen LogP) is 5.61. The Balaban J connectivity index is 1.36. The molecule has 0 fully saturated rings. The number of ether oxygens (including phenoxy) is 3. The van der Waals surface area contributed by atoms with E-state index >= 15 is 0 Å². The summed E-state index contributed by atoms with van der Waals surface area (Å²) in [6.45, 7) is 4.15. The number of hydrogen-bond donors (Lipinski definition) is 0. The van der Waals surface area contributed by atoms with Crippen molar-refractivity contribution in [2.45, 2.75) is 26.5 Å². The third kappa shape index (κ3) is 5.93. The Labute approximate surface area is 271 Å². The van der Waals surface area contributed by atoms with Crippen molar-refractivity contribution < 1.29 is 19.0 Å². The standard InChI is InChI=1S/C37H35N3O5S/c1-6-44-36(42)33-23(2)38-37-40(34(33)26-15-17-28(18-16-26)39(3)4)35(41)32(46-37)21-24-14-19-30(31(20-24)43-5)45-22-27-12-9-11-25-10-7-8-13-29(25)27/h7-21,34H,6,22H2,1-5H3/b32-21+/t34-/m0/s1. The molecular weight excluding hydrogens is 598 g/mol. The van der Waals surface area contributed by atoms with Crippen LogP contribution in [0.1, 0.15) is 36.6 Å². The van der Waals surface area contributed by atoms with Gasteiger partial charge in [0.05, 0.1) is 35.6 Å². The Morgan fingerprint density at radius 3 is 2.50 bits per heavy atom. The summed E-state index contributed by atoms with van der Waals surface area (Å²) in [7, 11) is 5.52. The molecule has 1 aliphatic rings. The number of allylic oxidation sites excluding steroid dienone is 1. The third-order valence-corrected chi connectivity index (χ3v) is 8.97. The highest BCUT2D eigenvalue weighted by molar-refractivity contribution is 7.07. The van der Waals surface area contributed by atoms with E-state index in [-0.39, 0.29) is 12.2 Å². The van der Waals surface area contributed by atoms with E-state index in [4.69, 9.17) is 14.2 Å². The molecule has 46 heavy (non-hydrogen) atoms. The summed E-state index contributed by atoms with van der Waals surface area (Å²) in [6, 6.07) is 27.1. The van der Waals surface area contributed by atoms with Gasteiger partial charge in [-0.1, -0.05) is 72.0 Å². The highest BCUT2D eigenvalue weighted by Crippen LogP contribution is 2.32. The minimum Gasteiger partial charge on any atom is -0.493 e. The van der Waals surface area contributed by atoms with Crippen LogP contribution in [0.25, 0.3) is 16.8 Å². The van der Waals surface area contributed by atoms with Gasteiger partial charge < -0.3 is 19.1 Å². The van der Waals surface area contributed by atoms with E-state index in [1.165, 1.54) is 11.3 Å². The van der Waals surface area contributed by atoms with Crippen molar-refractivity contribution in [2.24, 2.45) is 4.99 Å². The number of hydrogen-bond acceptors (Lipinski definition) is 8. The van der Waals surface area contributed by atoms with Gasteiger partial charge in [0.2, 0.25) is 0 Å². The van der Waals surface area contributed by atoms with Crippen molar-refractivity contribution in [3.63, 3.8) is 0 Å². The van der Waals surface area contributed by atoms with Gasteiger partial charge in [0, 0.05) is 19.8 Å². The molecular formula is C37H35N3O5S. The summed E-state index contributed by atoms with van der Waals surface area (Å²) in [5, 5.41) is 2.30. The normalized spacial score (nSPS) is 14.5. The fourth-order valence-corrected chi connectivity index (χ4v) is 6.73. The molecule has 2 heterocycles. The molecule has 8 nitrogen and oxygen atoms in total. The SMILES string of the molecule is CCOC(=O)C1=C(C)N=c2s/c(=C/c3ccc(OCc4cccc5ccccc45)c(OC)c3)c(=O)n2[C@H]1c1ccc(N(C)C)cc1. The van der Waals surface area contributed by atoms with Crippen LogP contribution >= 0.6 is 11.3 Å². The molecule has 0 bridgehead atoms. The van der Waals surface area contributed by atoms with Crippen molar-refractivity contribution in [1.29, 1.82) is 0 Å². The summed E-state index contributed by atoms with van der Waals surface area (Å²) in [4.78, 5) is 34.4. The Kier molecular flexibility index (Phi) is 8.76. The zero-order chi connectivity index (χ0) is 32.4. The zero-order valence-electron chi connectivity index (χ0n) is 26.4. The van der Waals surface area contributed by atoms with Crippen molar-refractivity contribution in [3.8, 4) is 11.5 Å². The van der Waals surface area contributed by atoms with Crippen LogP contribution in [-0.2, 0) is 16.1 Å². The Bertz CT molecular complexity index is 2140. The largest absolute Gasteiger partial charge is 0.493 e. The number of benzene rings is 4. The summed E-state index contributed by atoms with van der Waals surface area (Å²) >= 11 is 1.28. The van der Waals surface area contributed by atoms with Crippen LogP contribution < -0.4 is 29.3 Å². The number of aromatic nitrogens is 1. The van der Waals surface area contributed by atoms with E-state index in [2.05, 4.69) is 29.3 Å². The molecule has 0 saturated heterocycles. The van der Waals surface area contributed by atoms with E-state index in [0.29, 0.717) is 38.7 Å². The average Bonchev–Trinajstić information content (AvgIpc) is 3.36. The monoisotopic (exact) mass is 633 g/mol. The summed E-state index contributed by atoms with van der Waals surface area (Å²) in [6.07, 6.45) is 1.82. The molecule has 234 valence electrons. The van der Waals surface area contributed by atoms with Gasteiger partial charge >= 0.3 is 5.97 Å². The number of carbonyl (C=O) groups excluding carboxylic acids is 1. The van der Waals surface area contributed by atoms with Crippen LogP contribution in [0.5, 0.6) is 11.5 Å². The van der Waals surface area contributed by atoms with Crippen LogP contribution in [0, 0.1) is 0 Å². The topological polar surface area (TPSA) is 82.4 Å². The number of methoxy groups -OCH3 is 1. The molecule has 0 N–H and O–H groups in total. The molecule has 0 aliphatic carbocycles. The minimum atomic E-state index is -0.673. The fraction of sp³-hybridized carbons (Fsp3) is 0.216. The first-order valence-corrected chi connectivity index (χ1v) is 15.8. The molecule has 0 saturated carbocycles. The molecule has 1 aliphatic heterocycles. The molecule has 5 aromatic rings. The van der Waals surface area contributed by atoms with Gasteiger partial charge in [-0.3, -0.25) is 9.36 Å². The molecule has 6 rings (SSSR count). The highest BCUT2D eigenvalue weighted by atomic mass is 32.1. The molecule has 1 aromatic heterocycles. The van der Waals surface area contributed by atoms with E-state index < -0.39 is 12.0 Å². The van der Waals surface area contributed by atoms with E-state index in [9.17, 15) is 9.59 Å². The number of anilines is 1. The minimum absolute atomic E-state index is 0.218. The summed E-state index contributed by atoms with van der Waals surface area (Å²) in [5.41, 5.74) is 4.30. The molecule has 9 heteroatoms. The van der Waals surface area contributed by atoms with Crippen LogP contribution in [-0.4, -0.2) is 38.3 Å². The van der Waals surface area contributed by atoms with Crippen molar-refractivity contribution in [3.05, 3.63) is 133 Å². The van der Waals surface area contributed by atoms with Crippen molar-refractivity contribution in [1.82, 2.24) is 4.57 Å². The van der Waals surface area contributed by atoms with Gasteiger partial charge in [0.25, 0.3) is 5.56 Å². The van der Waals surface area contributed by atoms with E-state index in [1.54, 1.807) is 25.5 Å².